The van der Waals surface area contributed by atoms with Crippen LogP contribution in [-0.4, -0.2) is 36.1 Å². The molecule has 1 fully saturated rings. The molecule has 2 aromatic carbocycles. The van der Waals surface area contributed by atoms with Crippen LogP contribution in [0.15, 0.2) is 60.9 Å². The molecule has 7 heteroatoms. The number of hydrogen-bond acceptors (Lipinski definition) is 6. The molecule has 0 bridgehead atoms. The fourth-order valence-corrected chi connectivity index (χ4v) is 3.42. The van der Waals surface area contributed by atoms with Gasteiger partial charge in [0.05, 0.1) is 11.6 Å². The average Bonchev–Trinajstić information content (AvgIpc) is 2.75. The van der Waals surface area contributed by atoms with Crippen molar-refractivity contribution in [2.75, 3.05) is 41.3 Å². The van der Waals surface area contributed by atoms with E-state index in [-0.39, 0.29) is 0 Å². The normalized spacial score (nSPS) is 13.9. The molecule has 0 unspecified atom stereocenters. The summed E-state index contributed by atoms with van der Waals surface area (Å²) in [5.41, 5.74) is 2.67. The summed E-state index contributed by atoms with van der Waals surface area (Å²) in [6.45, 7) is 3.56. The van der Waals surface area contributed by atoms with Gasteiger partial charge in [0.2, 0.25) is 0 Å². The number of rotatable bonds is 4. The number of hydrogen-bond donors (Lipinski definition) is 1. The van der Waals surface area contributed by atoms with Gasteiger partial charge in [-0.3, -0.25) is 0 Å². The Morgan fingerprint density at radius 3 is 2.39 bits per heavy atom. The van der Waals surface area contributed by atoms with E-state index in [0.29, 0.717) is 5.56 Å². The lowest BCUT2D eigenvalue weighted by Gasteiger charge is -2.36. The summed E-state index contributed by atoms with van der Waals surface area (Å²) in [5, 5.41) is 12.9. The van der Waals surface area contributed by atoms with Crippen LogP contribution in [0.25, 0.3) is 0 Å². The van der Waals surface area contributed by atoms with Crippen LogP contribution in [0, 0.1) is 11.3 Å². The number of nitrogens with one attached hydrogen (secondary N) is 1. The molecule has 2 heterocycles. The van der Waals surface area contributed by atoms with Crippen LogP contribution in [0.3, 0.4) is 0 Å². The Hall–Kier alpha value is -3.30. The highest BCUT2D eigenvalue weighted by atomic mass is 35.5. The Kier molecular flexibility index (Phi) is 5.27. The Morgan fingerprint density at radius 2 is 1.68 bits per heavy atom. The minimum atomic E-state index is 0.631. The van der Waals surface area contributed by atoms with Gasteiger partial charge in [-0.2, -0.15) is 5.26 Å². The van der Waals surface area contributed by atoms with Crippen LogP contribution in [0.1, 0.15) is 5.56 Å². The second-order valence-corrected chi connectivity index (χ2v) is 6.97. The van der Waals surface area contributed by atoms with Crippen LogP contribution in [0.4, 0.5) is 23.0 Å². The van der Waals surface area contributed by atoms with E-state index in [1.54, 1.807) is 18.5 Å². The van der Waals surface area contributed by atoms with Gasteiger partial charge in [-0.1, -0.05) is 17.7 Å². The molecule has 0 amide bonds. The van der Waals surface area contributed by atoms with Crippen molar-refractivity contribution in [1.82, 2.24) is 9.97 Å². The van der Waals surface area contributed by atoms with E-state index in [4.69, 9.17) is 16.9 Å². The lowest BCUT2D eigenvalue weighted by molar-refractivity contribution is 0.647. The highest BCUT2D eigenvalue weighted by Gasteiger charge is 2.19. The first kappa shape index (κ1) is 18.1. The van der Waals surface area contributed by atoms with Crippen molar-refractivity contribution >= 4 is 34.6 Å². The number of anilines is 4. The molecular weight excluding hydrogens is 372 g/mol. The summed E-state index contributed by atoms with van der Waals surface area (Å²) in [6.07, 6.45) is 1.57. The fourth-order valence-electron chi connectivity index (χ4n) is 3.23. The predicted octanol–water partition coefficient (Wildman–Crippen LogP) is 4.07. The third-order valence-electron chi connectivity index (χ3n) is 4.72. The highest BCUT2D eigenvalue weighted by Crippen LogP contribution is 2.23. The van der Waals surface area contributed by atoms with Crippen LogP contribution < -0.4 is 15.1 Å². The van der Waals surface area contributed by atoms with E-state index in [1.165, 1.54) is 0 Å². The van der Waals surface area contributed by atoms with Gasteiger partial charge in [0.25, 0.3) is 0 Å². The average molecular weight is 391 g/mol. The second kappa shape index (κ2) is 8.15. The van der Waals surface area contributed by atoms with E-state index < -0.39 is 0 Å². The number of benzene rings is 2. The maximum absolute atomic E-state index is 8.90. The van der Waals surface area contributed by atoms with Crippen molar-refractivity contribution in [2.45, 2.75) is 0 Å². The molecule has 1 aliphatic heterocycles. The topological polar surface area (TPSA) is 68.1 Å². The minimum Gasteiger partial charge on any atom is -0.368 e. The van der Waals surface area contributed by atoms with E-state index in [1.807, 2.05) is 36.4 Å². The van der Waals surface area contributed by atoms with Gasteiger partial charge in [-0.15, -0.1) is 0 Å². The van der Waals surface area contributed by atoms with Gasteiger partial charge in [0.15, 0.2) is 0 Å². The monoisotopic (exact) mass is 390 g/mol. The smallest absolute Gasteiger partial charge is 0.135 e. The summed E-state index contributed by atoms with van der Waals surface area (Å²) < 4.78 is 0. The van der Waals surface area contributed by atoms with E-state index >= 15 is 0 Å². The van der Waals surface area contributed by atoms with E-state index in [2.05, 4.69) is 37.2 Å². The molecule has 6 nitrogen and oxygen atoms in total. The van der Waals surface area contributed by atoms with Crippen molar-refractivity contribution in [1.29, 1.82) is 5.26 Å². The molecule has 0 saturated carbocycles. The van der Waals surface area contributed by atoms with E-state index in [9.17, 15) is 0 Å². The zero-order chi connectivity index (χ0) is 19.3. The molecule has 4 rings (SSSR count). The molecule has 3 aromatic rings. The van der Waals surface area contributed by atoms with Gasteiger partial charge < -0.3 is 15.1 Å². The Morgan fingerprint density at radius 1 is 0.929 bits per heavy atom. The SMILES string of the molecule is N#Cc1ccc(Nc2cc(N3CCN(c4cccc(Cl)c4)CC3)ncn2)cc1. The molecule has 0 aliphatic carbocycles. The zero-order valence-corrected chi connectivity index (χ0v) is 16.0. The molecule has 1 aromatic heterocycles. The Balaban J connectivity index is 1.41. The molecule has 1 N–H and O–H groups in total. The fraction of sp³-hybridized carbons (Fsp3) is 0.190. The predicted molar refractivity (Wildman–Crippen MR) is 112 cm³/mol. The summed E-state index contributed by atoms with van der Waals surface area (Å²) in [7, 11) is 0. The van der Waals surface area contributed by atoms with Crippen molar-refractivity contribution < 1.29 is 0 Å². The number of nitriles is 1. The second-order valence-electron chi connectivity index (χ2n) is 6.53. The lowest BCUT2D eigenvalue weighted by atomic mass is 10.2. The van der Waals surface area contributed by atoms with Crippen molar-refractivity contribution in [2.24, 2.45) is 0 Å². The molecule has 28 heavy (non-hydrogen) atoms. The third-order valence-corrected chi connectivity index (χ3v) is 4.95. The standard InChI is InChI=1S/C21H19ClN6/c22-17-2-1-3-19(12-17)27-8-10-28(11-9-27)21-13-20(24-15-25-21)26-18-6-4-16(14-23)5-7-18/h1-7,12-13,15H,8-11H2,(H,24,25,26). The number of aromatic nitrogens is 2. The first-order valence-electron chi connectivity index (χ1n) is 9.06. The van der Waals surface area contributed by atoms with Gasteiger partial charge in [-0.25, -0.2) is 9.97 Å². The molecule has 0 atom stereocenters. The first-order valence-corrected chi connectivity index (χ1v) is 9.44. The largest absolute Gasteiger partial charge is 0.368 e. The number of nitrogens with zero attached hydrogens (tertiary/aromatic N) is 5. The van der Waals surface area contributed by atoms with Gasteiger partial charge in [-0.05, 0) is 42.5 Å². The summed E-state index contributed by atoms with van der Waals surface area (Å²) in [4.78, 5) is 13.3. The molecular formula is C21H19ClN6. The third kappa shape index (κ3) is 4.16. The van der Waals surface area contributed by atoms with Crippen molar-refractivity contribution in [3.63, 3.8) is 0 Å². The lowest BCUT2D eigenvalue weighted by Crippen LogP contribution is -2.46. The summed E-state index contributed by atoms with van der Waals surface area (Å²) in [5.74, 6) is 1.63. The van der Waals surface area contributed by atoms with E-state index in [0.717, 1.165) is 54.2 Å². The number of halogens is 1. The Bertz CT molecular complexity index is 990. The molecule has 1 saturated heterocycles. The zero-order valence-electron chi connectivity index (χ0n) is 15.2. The summed E-state index contributed by atoms with van der Waals surface area (Å²) >= 11 is 6.11. The highest BCUT2D eigenvalue weighted by molar-refractivity contribution is 6.30. The van der Waals surface area contributed by atoms with Crippen LogP contribution >= 0.6 is 11.6 Å². The molecule has 1 aliphatic rings. The van der Waals surface area contributed by atoms with Crippen molar-refractivity contribution in [3.05, 3.63) is 71.5 Å². The maximum Gasteiger partial charge on any atom is 0.135 e. The number of piperazine rings is 1. The van der Waals surface area contributed by atoms with Crippen LogP contribution in [-0.2, 0) is 0 Å². The molecule has 0 radical (unpaired) electrons. The molecule has 140 valence electrons. The maximum atomic E-state index is 8.90. The quantitative estimate of drug-likeness (QED) is 0.724. The van der Waals surface area contributed by atoms with Gasteiger partial charge in [0.1, 0.15) is 18.0 Å². The Labute approximate surface area is 169 Å². The first-order chi connectivity index (χ1) is 13.7. The van der Waals surface area contributed by atoms with Crippen molar-refractivity contribution in [3.8, 4) is 6.07 Å². The molecule has 0 spiro atoms. The van der Waals surface area contributed by atoms with Crippen LogP contribution in [0.2, 0.25) is 5.02 Å². The minimum absolute atomic E-state index is 0.631. The summed E-state index contributed by atoms with van der Waals surface area (Å²) in [6, 6.07) is 19.3. The van der Waals surface area contributed by atoms with Gasteiger partial charge >= 0.3 is 0 Å². The van der Waals surface area contributed by atoms with Gasteiger partial charge in [0, 0.05) is 48.6 Å². The van der Waals surface area contributed by atoms with Crippen LogP contribution in [0.5, 0.6) is 0 Å².